The maximum atomic E-state index is 13.8. The van der Waals surface area contributed by atoms with Gasteiger partial charge in [0.25, 0.3) is 0 Å². The van der Waals surface area contributed by atoms with Crippen molar-refractivity contribution < 1.29 is 13.2 Å². The van der Waals surface area contributed by atoms with E-state index < -0.39 is 10.0 Å². The van der Waals surface area contributed by atoms with E-state index in [1.165, 1.54) is 17.1 Å². The SMILES string of the molecule is Cc1cc(C)c(S(=O)(=O)N(CC(=O)NC2CCCCCC2)Cc2ccc(Cl)c(Cl)c2)c(C)c1. The van der Waals surface area contributed by atoms with Crippen molar-refractivity contribution in [2.45, 2.75) is 76.8 Å². The summed E-state index contributed by atoms with van der Waals surface area (Å²) in [6, 6.07) is 8.81. The van der Waals surface area contributed by atoms with Gasteiger partial charge in [0, 0.05) is 12.6 Å². The summed E-state index contributed by atoms with van der Waals surface area (Å²) >= 11 is 12.2. The maximum Gasteiger partial charge on any atom is 0.244 e. The summed E-state index contributed by atoms with van der Waals surface area (Å²) in [6.07, 6.45) is 6.38. The van der Waals surface area contributed by atoms with E-state index in [-0.39, 0.29) is 29.9 Å². The zero-order chi connectivity index (χ0) is 24.2. The van der Waals surface area contributed by atoms with Gasteiger partial charge in [-0.25, -0.2) is 8.42 Å². The molecule has 0 saturated heterocycles. The van der Waals surface area contributed by atoms with E-state index in [2.05, 4.69) is 5.32 Å². The minimum Gasteiger partial charge on any atom is -0.352 e. The number of aryl methyl sites for hydroxylation is 3. The molecule has 8 heteroatoms. The van der Waals surface area contributed by atoms with E-state index in [4.69, 9.17) is 23.2 Å². The number of amides is 1. The molecule has 0 atom stereocenters. The van der Waals surface area contributed by atoms with Crippen molar-refractivity contribution in [3.05, 3.63) is 62.6 Å². The van der Waals surface area contributed by atoms with Crippen molar-refractivity contribution in [1.82, 2.24) is 9.62 Å². The Morgan fingerprint density at radius 2 is 1.58 bits per heavy atom. The van der Waals surface area contributed by atoms with Crippen molar-refractivity contribution in [3.63, 3.8) is 0 Å². The fraction of sp³-hybridized carbons (Fsp3) is 0.480. The molecule has 0 radical (unpaired) electrons. The number of rotatable bonds is 7. The quantitative estimate of drug-likeness (QED) is 0.468. The highest BCUT2D eigenvalue weighted by Crippen LogP contribution is 2.28. The molecule has 1 fully saturated rings. The average Bonchev–Trinajstić information content (AvgIpc) is 2.97. The van der Waals surface area contributed by atoms with Crippen LogP contribution in [0, 0.1) is 20.8 Å². The molecule has 0 aliphatic heterocycles. The molecule has 0 heterocycles. The van der Waals surface area contributed by atoms with Crippen LogP contribution in [-0.4, -0.2) is 31.2 Å². The van der Waals surface area contributed by atoms with Crippen LogP contribution in [0.25, 0.3) is 0 Å². The molecular formula is C25H32Cl2N2O3S. The lowest BCUT2D eigenvalue weighted by molar-refractivity contribution is -0.122. The van der Waals surface area contributed by atoms with Crippen molar-refractivity contribution in [2.24, 2.45) is 0 Å². The van der Waals surface area contributed by atoms with Gasteiger partial charge in [-0.05, 0) is 62.4 Å². The van der Waals surface area contributed by atoms with Crippen LogP contribution in [0.1, 0.15) is 60.8 Å². The standard InChI is InChI=1S/C25H32Cl2N2O3S/c1-17-12-18(2)25(19(3)13-17)33(31,32)29(15-20-10-11-22(26)23(27)14-20)16-24(30)28-21-8-6-4-5-7-9-21/h10-14,21H,4-9,15-16H2,1-3H3,(H,28,30). The molecular weight excluding hydrogens is 479 g/mol. The van der Waals surface area contributed by atoms with Crippen molar-refractivity contribution in [3.8, 4) is 0 Å². The molecule has 1 saturated carbocycles. The topological polar surface area (TPSA) is 66.5 Å². The van der Waals surface area contributed by atoms with Gasteiger partial charge >= 0.3 is 0 Å². The molecule has 180 valence electrons. The number of hydrogen-bond donors (Lipinski definition) is 1. The lowest BCUT2D eigenvalue weighted by atomic mass is 10.1. The van der Waals surface area contributed by atoms with Gasteiger partial charge in [-0.2, -0.15) is 4.31 Å². The van der Waals surface area contributed by atoms with E-state index in [0.717, 1.165) is 31.2 Å². The Bertz CT molecular complexity index is 1090. The van der Waals surface area contributed by atoms with E-state index in [0.29, 0.717) is 26.7 Å². The number of nitrogens with one attached hydrogen (secondary N) is 1. The number of halogens is 2. The van der Waals surface area contributed by atoms with Crippen LogP contribution in [0.2, 0.25) is 10.0 Å². The summed E-state index contributed by atoms with van der Waals surface area (Å²) in [5, 5.41) is 3.80. The lowest BCUT2D eigenvalue weighted by Crippen LogP contribution is -2.44. The summed E-state index contributed by atoms with van der Waals surface area (Å²) in [5.41, 5.74) is 2.98. The van der Waals surface area contributed by atoms with Gasteiger partial charge in [0.15, 0.2) is 0 Å². The van der Waals surface area contributed by atoms with Crippen molar-refractivity contribution in [2.75, 3.05) is 6.54 Å². The monoisotopic (exact) mass is 510 g/mol. The van der Waals surface area contributed by atoms with Crippen LogP contribution in [0.4, 0.5) is 0 Å². The number of sulfonamides is 1. The van der Waals surface area contributed by atoms with E-state index in [1.54, 1.807) is 32.0 Å². The fourth-order valence-electron chi connectivity index (χ4n) is 4.63. The van der Waals surface area contributed by atoms with Gasteiger partial charge in [0.05, 0.1) is 21.5 Å². The highest BCUT2D eigenvalue weighted by Gasteiger charge is 2.30. The number of hydrogen-bond acceptors (Lipinski definition) is 3. The molecule has 0 aromatic heterocycles. The number of benzene rings is 2. The van der Waals surface area contributed by atoms with Crippen LogP contribution in [0.3, 0.4) is 0 Å². The minimum atomic E-state index is -3.95. The number of nitrogens with zero attached hydrogens (tertiary/aromatic N) is 1. The van der Waals surface area contributed by atoms with Crippen LogP contribution in [-0.2, 0) is 21.4 Å². The highest BCUT2D eigenvalue weighted by molar-refractivity contribution is 7.89. The molecule has 1 aliphatic carbocycles. The van der Waals surface area contributed by atoms with E-state index in [9.17, 15) is 13.2 Å². The zero-order valence-electron chi connectivity index (χ0n) is 19.5. The molecule has 1 aliphatic rings. The normalized spacial score (nSPS) is 15.5. The van der Waals surface area contributed by atoms with Gasteiger partial charge in [0.1, 0.15) is 0 Å². The molecule has 1 amide bonds. The first-order valence-corrected chi connectivity index (χ1v) is 13.6. The Morgan fingerprint density at radius 3 is 2.15 bits per heavy atom. The van der Waals surface area contributed by atoms with Gasteiger partial charge < -0.3 is 5.32 Å². The minimum absolute atomic E-state index is 0.0179. The molecule has 0 bridgehead atoms. The lowest BCUT2D eigenvalue weighted by Gasteiger charge is -2.25. The number of carbonyl (C=O) groups excluding carboxylic acids is 1. The Labute approximate surface area is 207 Å². The first-order valence-electron chi connectivity index (χ1n) is 11.4. The molecule has 1 N–H and O–H groups in total. The second-order valence-corrected chi connectivity index (χ2v) is 11.7. The Hall–Kier alpha value is -1.60. The molecule has 5 nitrogen and oxygen atoms in total. The van der Waals surface area contributed by atoms with Gasteiger partial charge in [-0.15, -0.1) is 0 Å². The molecule has 3 rings (SSSR count). The average molecular weight is 512 g/mol. The van der Waals surface area contributed by atoms with Crippen LogP contribution < -0.4 is 5.32 Å². The smallest absolute Gasteiger partial charge is 0.244 e. The Morgan fingerprint density at radius 1 is 0.970 bits per heavy atom. The highest BCUT2D eigenvalue weighted by atomic mass is 35.5. The molecule has 0 unspecified atom stereocenters. The molecule has 0 spiro atoms. The van der Waals surface area contributed by atoms with Gasteiger partial charge in [-0.3, -0.25) is 4.79 Å². The summed E-state index contributed by atoms with van der Waals surface area (Å²) in [7, 11) is -3.95. The molecule has 2 aromatic rings. The van der Waals surface area contributed by atoms with Crippen molar-refractivity contribution >= 4 is 39.1 Å². The first-order chi connectivity index (χ1) is 15.6. The third kappa shape index (κ3) is 6.72. The van der Waals surface area contributed by atoms with E-state index >= 15 is 0 Å². The first kappa shape index (κ1) is 26.0. The summed E-state index contributed by atoms with van der Waals surface area (Å²) in [6.45, 7) is 5.27. The number of carbonyl (C=O) groups is 1. The summed E-state index contributed by atoms with van der Waals surface area (Å²) in [4.78, 5) is 13.2. The second-order valence-electron chi connectivity index (χ2n) is 9.01. The predicted molar refractivity (Wildman–Crippen MR) is 134 cm³/mol. The second kappa shape index (κ2) is 11.2. The van der Waals surface area contributed by atoms with E-state index in [1.807, 2.05) is 19.1 Å². The predicted octanol–water partition coefficient (Wildman–Crippen LogP) is 5.95. The summed E-state index contributed by atoms with van der Waals surface area (Å²) < 4.78 is 28.9. The molecule has 2 aromatic carbocycles. The third-order valence-corrected chi connectivity index (χ3v) is 8.92. The van der Waals surface area contributed by atoms with Crippen LogP contribution >= 0.6 is 23.2 Å². The van der Waals surface area contributed by atoms with Gasteiger partial charge in [0.2, 0.25) is 15.9 Å². The van der Waals surface area contributed by atoms with Crippen LogP contribution in [0.5, 0.6) is 0 Å². The Balaban J connectivity index is 1.92. The largest absolute Gasteiger partial charge is 0.352 e. The Kier molecular flexibility index (Phi) is 8.84. The summed E-state index contributed by atoms with van der Waals surface area (Å²) in [5.74, 6) is -0.284. The maximum absolute atomic E-state index is 13.8. The fourth-order valence-corrected chi connectivity index (χ4v) is 6.74. The van der Waals surface area contributed by atoms with Gasteiger partial charge in [-0.1, -0.05) is 72.6 Å². The molecule has 33 heavy (non-hydrogen) atoms. The van der Waals surface area contributed by atoms with Crippen molar-refractivity contribution in [1.29, 1.82) is 0 Å². The van der Waals surface area contributed by atoms with Crippen LogP contribution in [0.15, 0.2) is 35.2 Å². The third-order valence-electron chi connectivity index (χ3n) is 6.09. The zero-order valence-corrected chi connectivity index (χ0v) is 21.8.